The Balaban J connectivity index is 1.68. The van der Waals surface area contributed by atoms with Gasteiger partial charge in [0, 0.05) is 37.4 Å². The van der Waals surface area contributed by atoms with E-state index < -0.39 is 11.8 Å². The first-order valence-corrected chi connectivity index (χ1v) is 9.92. The molecule has 0 unspecified atom stereocenters. The average molecular weight is 419 g/mol. The summed E-state index contributed by atoms with van der Waals surface area (Å²) < 4.78 is 20.5. The highest BCUT2D eigenvalue weighted by atomic mass is 19.1. The standard InChI is InChI=1S/C23H22FN5O2/c1-27-9-11-28(12-10-27)18-5-7-19(8-6-18)29-22(23(30)31-2)14-21(26-29)16-3-4-17(15-25)20(24)13-16/h3-8,13-14H,9-12H2,1-2H3. The normalized spacial score (nSPS) is 14.3. The number of ether oxygens (including phenoxy) is 1. The molecule has 0 radical (unpaired) electrons. The molecule has 1 saturated heterocycles. The molecule has 158 valence electrons. The molecule has 1 aliphatic heterocycles. The van der Waals surface area contributed by atoms with Gasteiger partial charge in [-0.05, 0) is 49.5 Å². The summed E-state index contributed by atoms with van der Waals surface area (Å²) in [5, 5.41) is 13.4. The van der Waals surface area contributed by atoms with Crippen molar-refractivity contribution >= 4 is 11.7 Å². The Bertz CT molecular complexity index is 1140. The Morgan fingerprint density at radius 2 is 1.74 bits per heavy atom. The Hall–Kier alpha value is -3.70. The summed E-state index contributed by atoms with van der Waals surface area (Å²) in [5.74, 6) is -1.18. The molecule has 3 aromatic rings. The Labute approximate surface area is 179 Å². The molecule has 1 aromatic heterocycles. The maximum Gasteiger partial charge on any atom is 0.356 e. The maximum absolute atomic E-state index is 14.1. The van der Waals surface area contributed by atoms with Gasteiger partial charge in [-0.15, -0.1) is 0 Å². The van der Waals surface area contributed by atoms with Gasteiger partial charge in [-0.3, -0.25) is 0 Å². The van der Waals surface area contributed by atoms with Gasteiger partial charge in [0.15, 0.2) is 5.69 Å². The number of piperazine rings is 1. The first-order valence-electron chi connectivity index (χ1n) is 9.92. The van der Waals surface area contributed by atoms with Crippen molar-refractivity contribution in [2.24, 2.45) is 0 Å². The molecular formula is C23H22FN5O2. The molecule has 8 heteroatoms. The number of carbonyl (C=O) groups excluding carboxylic acids is 1. The smallest absolute Gasteiger partial charge is 0.356 e. The first-order chi connectivity index (χ1) is 15.0. The second kappa shape index (κ2) is 8.58. The van der Waals surface area contributed by atoms with Crippen LogP contribution >= 0.6 is 0 Å². The van der Waals surface area contributed by atoms with Crippen LogP contribution < -0.4 is 4.90 Å². The number of nitrogens with zero attached hydrogens (tertiary/aromatic N) is 5. The minimum Gasteiger partial charge on any atom is -0.464 e. The molecule has 0 amide bonds. The van der Waals surface area contributed by atoms with Gasteiger partial charge in [0.25, 0.3) is 0 Å². The SMILES string of the molecule is COC(=O)c1cc(-c2ccc(C#N)c(F)c2)nn1-c1ccc(N2CCN(C)CC2)cc1. The predicted octanol–water partition coefficient (Wildman–Crippen LogP) is 3.09. The summed E-state index contributed by atoms with van der Waals surface area (Å²) in [4.78, 5) is 17.0. The molecule has 0 N–H and O–H groups in total. The van der Waals surface area contributed by atoms with Crippen molar-refractivity contribution in [3.8, 4) is 23.0 Å². The van der Waals surface area contributed by atoms with Crippen LogP contribution in [0.5, 0.6) is 0 Å². The number of anilines is 1. The number of likely N-dealkylation sites (N-methyl/N-ethyl adjacent to an activating group) is 1. The molecule has 0 bridgehead atoms. The lowest BCUT2D eigenvalue weighted by atomic mass is 10.1. The summed E-state index contributed by atoms with van der Waals surface area (Å²) in [7, 11) is 3.42. The number of hydrogen-bond donors (Lipinski definition) is 0. The van der Waals surface area contributed by atoms with Gasteiger partial charge in [-0.2, -0.15) is 10.4 Å². The number of nitriles is 1. The lowest BCUT2D eigenvalue weighted by molar-refractivity contribution is 0.0590. The van der Waals surface area contributed by atoms with Crippen LogP contribution in [-0.2, 0) is 4.74 Å². The zero-order valence-electron chi connectivity index (χ0n) is 17.4. The minimum absolute atomic E-state index is 0.0455. The van der Waals surface area contributed by atoms with Gasteiger partial charge in [-0.1, -0.05) is 6.07 Å². The summed E-state index contributed by atoms with van der Waals surface area (Å²) in [6, 6.07) is 15.4. The van der Waals surface area contributed by atoms with Crippen LogP contribution in [0.3, 0.4) is 0 Å². The Morgan fingerprint density at radius 3 is 2.35 bits per heavy atom. The van der Waals surface area contributed by atoms with E-state index in [1.165, 1.54) is 23.9 Å². The quantitative estimate of drug-likeness (QED) is 0.605. The third-order valence-corrected chi connectivity index (χ3v) is 5.45. The molecule has 1 aliphatic rings. The molecule has 0 saturated carbocycles. The summed E-state index contributed by atoms with van der Waals surface area (Å²) in [6.07, 6.45) is 0. The van der Waals surface area contributed by atoms with Crippen LogP contribution in [0.2, 0.25) is 0 Å². The zero-order chi connectivity index (χ0) is 22.0. The van der Waals surface area contributed by atoms with Crippen molar-refractivity contribution in [2.45, 2.75) is 0 Å². The van der Waals surface area contributed by atoms with Gasteiger partial charge >= 0.3 is 5.97 Å². The lowest BCUT2D eigenvalue weighted by Gasteiger charge is -2.34. The van der Waals surface area contributed by atoms with E-state index in [1.54, 1.807) is 18.2 Å². The van der Waals surface area contributed by atoms with Crippen molar-refractivity contribution < 1.29 is 13.9 Å². The van der Waals surface area contributed by atoms with Crippen LogP contribution in [0.15, 0.2) is 48.5 Å². The fourth-order valence-electron chi connectivity index (χ4n) is 3.60. The van der Waals surface area contributed by atoms with E-state index in [0.29, 0.717) is 16.9 Å². The first kappa shape index (κ1) is 20.6. The number of halogens is 1. The number of carbonyl (C=O) groups is 1. The van der Waals surface area contributed by atoms with E-state index >= 15 is 0 Å². The number of methoxy groups -OCH3 is 1. The van der Waals surface area contributed by atoms with Gasteiger partial charge in [0.1, 0.15) is 11.9 Å². The van der Waals surface area contributed by atoms with E-state index in [0.717, 1.165) is 31.9 Å². The predicted molar refractivity (Wildman–Crippen MR) is 115 cm³/mol. The number of esters is 1. The number of aromatic nitrogens is 2. The summed E-state index contributed by atoms with van der Waals surface area (Å²) >= 11 is 0. The van der Waals surface area contributed by atoms with E-state index in [-0.39, 0.29) is 11.3 Å². The summed E-state index contributed by atoms with van der Waals surface area (Å²) in [5.41, 5.74) is 2.86. The highest BCUT2D eigenvalue weighted by Gasteiger charge is 2.20. The third-order valence-electron chi connectivity index (χ3n) is 5.45. The monoisotopic (exact) mass is 419 g/mol. The van der Waals surface area contributed by atoms with Crippen LogP contribution in [0.25, 0.3) is 16.9 Å². The van der Waals surface area contributed by atoms with E-state index in [2.05, 4.69) is 21.9 Å². The molecular weight excluding hydrogens is 397 g/mol. The molecule has 2 aromatic carbocycles. The van der Waals surface area contributed by atoms with Gasteiger partial charge < -0.3 is 14.5 Å². The van der Waals surface area contributed by atoms with Crippen molar-refractivity contribution in [3.05, 3.63) is 65.6 Å². The molecule has 1 fully saturated rings. The van der Waals surface area contributed by atoms with Crippen LogP contribution in [-0.4, -0.2) is 61.0 Å². The molecule has 2 heterocycles. The Kier molecular flexibility index (Phi) is 5.69. The maximum atomic E-state index is 14.1. The van der Waals surface area contributed by atoms with Crippen LogP contribution in [0.4, 0.5) is 10.1 Å². The van der Waals surface area contributed by atoms with E-state index in [9.17, 15) is 9.18 Å². The van der Waals surface area contributed by atoms with Gasteiger partial charge in [0.05, 0.1) is 24.1 Å². The highest BCUT2D eigenvalue weighted by Crippen LogP contribution is 2.25. The average Bonchev–Trinajstić information content (AvgIpc) is 3.25. The third kappa shape index (κ3) is 4.13. The van der Waals surface area contributed by atoms with Gasteiger partial charge in [0.2, 0.25) is 0 Å². The highest BCUT2D eigenvalue weighted by molar-refractivity contribution is 5.89. The van der Waals surface area contributed by atoms with Crippen LogP contribution in [0, 0.1) is 17.1 Å². The molecule has 7 nitrogen and oxygen atoms in total. The lowest BCUT2D eigenvalue weighted by Crippen LogP contribution is -2.44. The second-order valence-electron chi connectivity index (χ2n) is 7.43. The van der Waals surface area contributed by atoms with Crippen molar-refractivity contribution in [1.29, 1.82) is 5.26 Å². The number of hydrogen-bond acceptors (Lipinski definition) is 6. The topological polar surface area (TPSA) is 74.4 Å². The molecule has 0 atom stereocenters. The number of benzene rings is 2. The largest absolute Gasteiger partial charge is 0.464 e. The zero-order valence-corrected chi connectivity index (χ0v) is 17.4. The molecule has 4 rings (SSSR count). The van der Waals surface area contributed by atoms with Crippen molar-refractivity contribution in [2.75, 3.05) is 45.2 Å². The molecule has 0 aliphatic carbocycles. The van der Waals surface area contributed by atoms with Crippen LogP contribution in [0.1, 0.15) is 16.1 Å². The minimum atomic E-state index is -0.634. The fraction of sp³-hybridized carbons (Fsp3) is 0.261. The molecule has 0 spiro atoms. The van der Waals surface area contributed by atoms with Gasteiger partial charge in [-0.25, -0.2) is 13.9 Å². The second-order valence-corrected chi connectivity index (χ2v) is 7.43. The molecule has 31 heavy (non-hydrogen) atoms. The summed E-state index contributed by atoms with van der Waals surface area (Å²) in [6.45, 7) is 3.94. The Morgan fingerprint density at radius 1 is 1.06 bits per heavy atom. The van der Waals surface area contributed by atoms with E-state index in [1.807, 2.05) is 24.3 Å². The number of rotatable bonds is 4. The fourth-order valence-corrected chi connectivity index (χ4v) is 3.60. The van der Waals surface area contributed by atoms with E-state index in [4.69, 9.17) is 10.00 Å². The van der Waals surface area contributed by atoms with Crippen molar-refractivity contribution in [1.82, 2.24) is 14.7 Å². The van der Waals surface area contributed by atoms with Crippen molar-refractivity contribution in [3.63, 3.8) is 0 Å².